The molecule has 1 unspecified atom stereocenters. The van der Waals surface area contributed by atoms with Crippen molar-refractivity contribution in [2.75, 3.05) is 33.7 Å². The predicted octanol–water partition coefficient (Wildman–Crippen LogP) is -0.607. The lowest BCUT2D eigenvalue weighted by Crippen LogP contribution is -2.47. The van der Waals surface area contributed by atoms with E-state index in [9.17, 15) is 9.59 Å². The molecule has 2 saturated carbocycles. The molecule has 114 valence electrons. The van der Waals surface area contributed by atoms with E-state index < -0.39 is 0 Å². The number of hydrogen-bond acceptors (Lipinski definition) is 4. The number of nitrogens with two attached hydrogens (primary N) is 1. The summed E-state index contributed by atoms with van der Waals surface area (Å²) in [7, 11) is 3.61. The Hall–Kier alpha value is -1.14. The fraction of sp³-hybridized carbons (Fsp3) is 0.857. The smallest absolute Gasteiger partial charge is 0.239 e. The van der Waals surface area contributed by atoms with E-state index >= 15 is 0 Å². The highest BCUT2D eigenvalue weighted by Gasteiger charge is 2.33. The molecule has 0 bridgehead atoms. The maximum atomic E-state index is 12.1. The van der Waals surface area contributed by atoms with E-state index in [1.54, 1.807) is 7.05 Å². The summed E-state index contributed by atoms with van der Waals surface area (Å²) in [6.07, 6.45) is 4.54. The monoisotopic (exact) mass is 282 g/mol. The molecule has 0 heterocycles. The van der Waals surface area contributed by atoms with Gasteiger partial charge in [-0.15, -0.1) is 0 Å². The van der Waals surface area contributed by atoms with Gasteiger partial charge < -0.3 is 16.0 Å². The minimum Gasteiger partial charge on any atom is -0.352 e. The topological polar surface area (TPSA) is 78.7 Å². The average molecular weight is 282 g/mol. The Bertz CT molecular complexity index is 366. The molecule has 2 rings (SSSR count). The zero-order chi connectivity index (χ0) is 14.7. The van der Waals surface area contributed by atoms with Gasteiger partial charge in [-0.05, 0) is 38.6 Å². The fourth-order valence-corrected chi connectivity index (χ4v) is 2.47. The van der Waals surface area contributed by atoms with Gasteiger partial charge in [-0.2, -0.15) is 0 Å². The summed E-state index contributed by atoms with van der Waals surface area (Å²) in [6, 6.07) is 0.623. The zero-order valence-electron chi connectivity index (χ0n) is 12.5. The molecule has 0 radical (unpaired) electrons. The first-order chi connectivity index (χ1) is 9.51. The van der Waals surface area contributed by atoms with E-state index in [0.717, 1.165) is 12.8 Å². The molecule has 0 aliphatic heterocycles. The molecule has 6 nitrogen and oxygen atoms in total. The SMILES string of the molecule is CN(CC(=O)NC1CC1)C(=O)CN(C)C(CN)C1CC1. The van der Waals surface area contributed by atoms with Gasteiger partial charge in [0.15, 0.2) is 0 Å². The molecule has 2 aliphatic carbocycles. The van der Waals surface area contributed by atoms with Crippen molar-refractivity contribution in [3.63, 3.8) is 0 Å². The largest absolute Gasteiger partial charge is 0.352 e. The van der Waals surface area contributed by atoms with Crippen molar-refractivity contribution in [1.29, 1.82) is 0 Å². The van der Waals surface area contributed by atoms with Gasteiger partial charge >= 0.3 is 0 Å². The van der Waals surface area contributed by atoms with Crippen molar-refractivity contribution < 1.29 is 9.59 Å². The van der Waals surface area contributed by atoms with Crippen molar-refractivity contribution in [3.05, 3.63) is 0 Å². The third-order valence-electron chi connectivity index (χ3n) is 4.11. The van der Waals surface area contributed by atoms with Gasteiger partial charge in [0.25, 0.3) is 0 Å². The standard InChI is InChI=1S/C14H26N4O2/c1-17(12(7-15)10-3-4-10)9-14(20)18(2)8-13(19)16-11-5-6-11/h10-12H,3-9,15H2,1-2H3,(H,16,19). The summed E-state index contributed by atoms with van der Waals surface area (Å²) in [5.41, 5.74) is 5.78. The normalized spacial score (nSPS) is 19.8. The Morgan fingerprint density at radius 2 is 1.85 bits per heavy atom. The first-order valence-electron chi connectivity index (χ1n) is 7.45. The number of nitrogens with zero attached hydrogens (tertiary/aromatic N) is 2. The summed E-state index contributed by atoms with van der Waals surface area (Å²) in [6.45, 7) is 1.05. The van der Waals surface area contributed by atoms with Gasteiger partial charge in [-0.1, -0.05) is 0 Å². The fourth-order valence-electron chi connectivity index (χ4n) is 2.47. The minimum atomic E-state index is -0.0661. The van der Waals surface area contributed by atoms with E-state index in [1.807, 2.05) is 11.9 Å². The maximum absolute atomic E-state index is 12.1. The lowest BCUT2D eigenvalue weighted by molar-refractivity contribution is -0.135. The van der Waals surface area contributed by atoms with E-state index in [2.05, 4.69) is 5.32 Å². The predicted molar refractivity (Wildman–Crippen MR) is 77.0 cm³/mol. The number of carbonyl (C=O) groups excluding carboxylic acids is 2. The second kappa shape index (κ2) is 6.54. The molecule has 3 N–H and O–H groups in total. The van der Waals surface area contributed by atoms with Crippen LogP contribution >= 0.6 is 0 Å². The quantitative estimate of drug-likeness (QED) is 0.623. The van der Waals surface area contributed by atoms with Crippen LogP contribution in [0, 0.1) is 5.92 Å². The summed E-state index contributed by atoms with van der Waals surface area (Å²) < 4.78 is 0. The van der Waals surface area contributed by atoms with Crippen LogP contribution in [0.4, 0.5) is 0 Å². The van der Waals surface area contributed by atoms with Crippen LogP contribution in [0.1, 0.15) is 25.7 Å². The molecule has 2 fully saturated rings. The van der Waals surface area contributed by atoms with Gasteiger partial charge in [0.1, 0.15) is 0 Å². The Morgan fingerprint density at radius 1 is 1.20 bits per heavy atom. The van der Waals surface area contributed by atoms with Crippen LogP contribution in [0.3, 0.4) is 0 Å². The lowest BCUT2D eigenvalue weighted by Gasteiger charge is -2.28. The van der Waals surface area contributed by atoms with Crippen LogP contribution in [0.15, 0.2) is 0 Å². The molecule has 2 amide bonds. The van der Waals surface area contributed by atoms with E-state index in [-0.39, 0.29) is 24.4 Å². The van der Waals surface area contributed by atoms with Crippen LogP contribution < -0.4 is 11.1 Å². The van der Waals surface area contributed by atoms with Crippen LogP contribution in [-0.2, 0) is 9.59 Å². The van der Waals surface area contributed by atoms with Crippen molar-refractivity contribution in [2.45, 2.75) is 37.8 Å². The van der Waals surface area contributed by atoms with Crippen LogP contribution in [-0.4, -0.2) is 67.4 Å². The number of amides is 2. The highest BCUT2D eigenvalue weighted by Crippen LogP contribution is 2.34. The van der Waals surface area contributed by atoms with Crippen molar-refractivity contribution in [1.82, 2.24) is 15.1 Å². The molecular formula is C14H26N4O2. The third kappa shape index (κ3) is 4.45. The zero-order valence-corrected chi connectivity index (χ0v) is 12.5. The Morgan fingerprint density at radius 3 is 2.35 bits per heavy atom. The van der Waals surface area contributed by atoms with Crippen molar-refractivity contribution in [3.8, 4) is 0 Å². The lowest BCUT2D eigenvalue weighted by atomic mass is 10.1. The minimum absolute atomic E-state index is 0.0300. The van der Waals surface area contributed by atoms with E-state index in [0.29, 0.717) is 25.0 Å². The summed E-state index contributed by atoms with van der Waals surface area (Å²) in [5.74, 6) is 0.544. The highest BCUT2D eigenvalue weighted by molar-refractivity contribution is 5.85. The Kier molecular flexibility index (Phi) is 4.99. The molecule has 0 spiro atoms. The van der Waals surface area contributed by atoms with Gasteiger partial charge in [0, 0.05) is 25.7 Å². The van der Waals surface area contributed by atoms with Crippen molar-refractivity contribution >= 4 is 11.8 Å². The second-order valence-electron chi connectivity index (χ2n) is 6.15. The first kappa shape index (κ1) is 15.3. The molecule has 2 aliphatic rings. The maximum Gasteiger partial charge on any atom is 0.239 e. The van der Waals surface area contributed by atoms with Gasteiger partial charge in [-0.25, -0.2) is 0 Å². The average Bonchev–Trinajstić information content (AvgIpc) is 3.23. The Balaban J connectivity index is 1.72. The summed E-state index contributed by atoms with van der Waals surface area (Å²) in [5, 5.41) is 2.89. The van der Waals surface area contributed by atoms with Gasteiger partial charge in [-0.3, -0.25) is 14.5 Å². The highest BCUT2D eigenvalue weighted by atomic mass is 16.2. The van der Waals surface area contributed by atoms with E-state index in [4.69, 9.17) is 5.73 Å². The number of rotatable bonds is 8. The molecule has 0 saturated heterocycles. The van der Waals surface area contributed by atoms with Gasteiger partial charge in [0.05, 0.1) is 13.1 Å². The number of likely N-dealkylation sites (N-methyl/N-ethyl adjacent to an activating group) is 2. The third-order valence-corrected chi connectivity index (χ3v) is 4.11. The van der Waals surface area contributed by atoms with Gasteiger partial charge in [0.2, 0.25) is 11.8 Å². The summed E-state index contributed by atoms with van der Waals surface area (Å²) in [4.78, 5) is 27.3. The molecular weight excluding hydrogens is 256 g/mol. The second-order valence-corrected chi connectivity index (χ2v) is 6.15. The Labute approximate surface area is 120 Å². The first-order valence-corrected chi connectivity index (χ1v) is 7.45. The molecule has 6 heteroatoms. The van der Waals surface area contributed by atoms with Crippen LogP contribution in [0.5, 0.6) is 0 Å². The molecule has 0 aromatic carbocycles. The van der Waals surface area contributed by atoms with E-state index in [1.165, 1.54) is 17.7 Å². The molecule has 0 aromatic rings. The number of nitrogens with one attached hydrogen (secondary N) is 1. The number of hydrogen-bond donors (Lipinski definition) is 2. The van der Waals surface area contributed by atoms with Crippen LogP contribution in [0.25, 0.3) is 0 Å². The summed E-state index contributed by atoms with van der Waals surface area (Å²) >= 11 is 0. The molecule has 1 atom stereocenters. The van der Waals surface area contributed by atoms with Crippen LogP contribution in [0.2, 0.25) is 0 Å². The van der Waals surface area contributed by atoms with Crippen molar-refractivity contribution in [2.24, 2.45) is 11.7 Å². The number of carbonyl (C=O) groups is 2. The molecule has 20 heavy (non-hydrogen) atoms. The molecule has 0 aromatic heterocycles.